The van der Waals surface area contributed by atoms with Crippen molar-refractivity contribution in [1.82, 2.24) is 5.32 Å². The maximum atomic E-state index is 11.0. The number of aliphatic hydroxyl groups excluding tert-OH is 1. The molecule has 0 fully saturated rings. The van der Waals surface area contributed by atoms with Crippen LogP contribution in [0.25, 0.3) is 0 Å². The molecule has 0 spiro atoms. The lowest BCUT2D eigenvalue weighted by atomic mass is 10.1. The van der Waals surface area contributed by atoms with Crippen LogP contribution in [0, 0.1) is 5.92 Å². The highest BCUT2D eigenvalue weighted by molar-refractivity contribution is 7.10. The van der Waals surface area contributed by atoms with Crippen molar-refractivity contribution < 1.29 is 9.90 Å². The topological polar surface area (TPSA) is 61.4 Å². The predicted molar refractivity (Wildman–Crippen MR) is 75.8 cm³/mol. The third-order valence-corrected chi connectivity index (χ3v) is 3.62. The van der Waals surface area contributed by atoms with Crippen LogP contribution in [0.4, 0.5) is 5.69 Å². The van der Waals surface area contributed by atoms with Gasteiger partial charge < -0.3 is 15.7 Å². The Bertz CT molecular complexity index is 366. The lowest BCUT2D eigenvalue weighted by molar-refractivity contribution is -0.114. The summed E-state index contributed by atoms with van der Waals surface area (Å²) in [6.45, 7) is 5.54. The Kier molecular flexibility index (Phi) is 6.93. The van der Waals surface area contributed by atoms with E-state index in [-0.39, 0.29) is 12.5 Å². The Morgan fingerprint density at radius 2 is 2.33 bits per heavy atom. The molecule has 1 unspecified atom stereocenters. The third kappa shape index (κ3) is 5.62. The second kappa shape index (κ2) is 8.24. The van der Waals surface area contributed by atoms with Gasteiger partial charge in [0, 0.05) is 25.0 Å². The molecule has 1 atom stereocenters. The van der Waals surface area contributed by atoms with Gasteiger partial charge >= 0.3 is 0 Å². The van der Waals surface area contributed by atoms with Crippen molar-refractivity contribution in [2.45, 2.75) is 33.2 Å². The summed E-state index contributed by atoms with van der Waals surface area (Å²) in [6.07, 6.45) is 2.09. The van der Waals surface area contributed by atoms with Crippen LogP contribution in [-0.4, -0.2) is 24.2 Å². The summed E-state index contributed by atoms with van der Waals surface area (Å²) >= 11 is 1.64. The monoisotopic (exact) mass is 270 g/mol. The van der Waals surface area contributed by atoms with Crippen LogP contribution in [0.3, 0.4) is 0 Å². The van der Waals surface area contributed by atoms with Crippen molar-refractivity contribution in [3.63, 3.8) is 0 Å². The van der Waals surface area contributed by atoms with Crippen LogP contribution < -0.4 is 10.6 Å². The molecule has 0 bridgehead atoms. The molecule has 1 aromatic rings. The van der Waals surface area contributed by atoms with E-state index >= 15 is 0 Å². The zero-order chi connectivity index (χ0) is 13.4. The van der Waals surface area contributed by atoms with E-state index in [4.69, 9.17) is 5.11 Å². The van der Waals surface area contributed by atoms with Gasteiger partial charge in [0.2, 0.25) is 5.91 Å². The summed E-state index contributed by atoms with van der Waals surface area (Å²) in [4.78, 5) is 12.2. The fraction of sp³-hybridized carbons (Fsp3) is 0.615. The number of nitrogens with one attached hydrogen (secondary N) is 2. The number of anilines is 1. The number of hydrogen-bond donors (Lipinski definition) is 3. The lowest BCUT2D eigenvalue weighted by Gasteiger charge is -2.09. The number of thiophene rings is 1. The molecule has 18 heavy (non-hydrogen) atoms. The molecule has 1 amide bonds. The summed E-state index contributed by atoms with van der Waals surface area (Å²) in [5.74, 6) is 0.342. The highest BCUT2D eigenvalue weighted by Crippen LogP contribution is 2.21. The molecule has 0 aliphatic rings. The fourth-order valence-corrected chi connectivity index (χ4v) is 2.45. The highest BCUT2D eigenvalue weighted by atomic mass is 32.1. The first-order valence-electron chi connectivity index (χ1n) is 6.29. The lowest BCUT2D eigenvalue weighted by Crippen LogP contribution is -2.16. The average molecular weight is 270 g/mol. The molecule has 1 heterocycles. The maximum Gasteiger partial charge on any atom is 0.221 e. The number of carbonyl (C=O) groups is 1. The van der Waals surface area contributed by atoms with Gasteiger partial charge in [0.1, 0.15) is 0 Å². The van der Waals surface area contributed by atoms with Crippen LogP contribution >= 0.6 is 11.3 Å². The number of carbonyl (C=O) groups excluding carboxylic acids is 1. The molecule has 0 saturated heterocycles. The Morgan fingerprint density at radius 3 is 3.00 bits per heavy atom. The zero-order valence-electron chi connectivity index (χ0n) is 11.0. The van der Waals surface area contributed by atoms with E-state index in [1.807, 2.05) is 18.4 Å². The maximum absolute atomic E-state index is 11.0. The summed E-state index contributed by atoms with van der Waals surface area (Å²) in [5, 5.41) is 17.1. The highest BCUT2D eigenvalue weighted by Gasteiger charge is 2.05. The van der Waals surface area contributed by atoms with Crippen LogP contribution in [0.5, 0.6) is 0 Å². The molecule has 0 radical (unpaired) electrons. The van der Waals surface area contributed by atoms with Gasteiger partial charge in [-0.05, 0) is 36.8 Å². The Labute approximate surface area is 112 Å². The van der Waals surface area contributed by atoms with E-state index in [0.717, 1.165) is 36.5 Å². The summed E-state index contributed by atoms with van der Waals surface area (Å²) < 4.78 is 0. The van der Waals surface area contributed by atoms with Gasteiger partial charge in [-0.2, -0.15) is 0 Å². The van der Waals surface area contributed by atoms with Gasteiger partial charge in [-0.15, -0.1) is 11.3 Å². The van der Waals surface area contributed by atoms with E-state index in [1.54, 1.807) is 11.3 Å². The number of amides is 1. The fourth-order valence-electron chi connectivity index (χ4n) is 1.65. The van der Waals surface area contributed by atoms with Crippen molar-refractivity contribution >= 4 is 22.9 Å². The van der Waals surface area contributed by atoms with E-state index in [2.05, 4.69) is 10.6 Å². The molecule has 0 saturated carbocycles. The molecule has 102 valence electrons. The molecular weight excluding hydrogens is 248 g/mol. The molecular formula is C13H22N2O2S. The van der Waals surface area contributed by atoms with Crippen LogP contribution in [0.1, 0.15) is 31.6 Å². The van der Waals surface area contributed by atoms with E-state index in [1.165, 1.54) is 6.92 Å². The predicted octanol–water partition coefficient (Wildman–Crippen LogP) is 2.20. The number of aliphatic hydroxyl groups is 1. The first-order valence-corrected chi connectivity index (χ1v) is 7.17. The Morgan fingerprint density at radius 1 is 1.56 bits per heavy atom. The normalized spacial score (nSPS) is 12.4. The van der Waals surface area contributed by atoms with Crippen molar-refractivity contribution in [3.8, 4) is 0 Å². The Balaban J connectivity index is 2.23. The Hall–Kier alpha value is -0.910. The van der Waals surface area contributed by atoms with E-state index < -0.39 is 0 Å². The largest absolute Gasteiger partial charge is 0.396 e. The SMILES string of the molecule is CC(=O)Nc1ccsc1CNCCCC(C)CO. The van der Waals surface area contributed by atoms with Crippen LogP contribution in [0.15, 0.2) is 11.4 Å². The van der Waals surface area contributed by atoms with E-state index in [9.17, 15) is 4.79 Å². The first-order chi connectivity index (χ1) is 8.63. The second-order valence-electron chi connectivity index (χ2n) is 4.55. The van der Waals surface area contributed by atoms with Gasteiger partial charge in [0.05, 0.1) is 5.69 Å². The molecule has 1 rings (SSSR count). The quantitative estimate of drug-likeness (QED) is 0.635. The van der Waals surface area contributed by atoms with Gasteiger partial charge in [0.15, 0.2) is 0 Å². The molecule has 3 N–H and O–H groups in total. The van der Waals surface area contributed by atoms with Gasteiger partial charge in [-0.3, -0.25) is 4.79 Å². The van der Waals surface area contributed by atoms with Crippen LogP contribution in [-0.2, 0) is 11.3 Å². The minimum Gasteiger partial charge on any atom is -0.396 e. The second-order valence-corrected chi connectivity index (χ2v) is 5.55. The third-order valence-electron chi connectivity index (χ3n) is 2.70. The van der Waals surface area contributed by atoms with Crippen LogP contribution in [0.2, 0.25) is 0 Å². The molecule has 0 aliphatic heterocycles. The van der Waals surface area contributed by atoms with Gasteiger partial charge in [-0.25, -0.2) is 0 Å². The standard InChI is InChI=1S/C13H22N2O2S/c1-10(9-16)4-3-6-14-8-13-12(5-7-18-13)15-11(2)17/h5,7,10,14,16H,3-4,6,8-9H2,1-2H3,(H,15,17). The van der Waals surface area contributed by atoms with Crippen molar-refractivity contribution in [1.29, 1.82) is 0 Å². The molecule has 0 aliphatic carbocycles. The minimum absolute atomic E-state index is 0.0357. The van der Waals surface area contributed by atoms with Crippen molar-refractivity contribution in [3.05, 3.63) is 16.3 Å². The average Bonchev–Trinajstić information content (AvgIpc) is 2.75. The van der Waals surface area contributed by atoms with Gasteiger partial charge in [-0.1, -0.05) is 6.92 Å². The first kappa shape index (κ1) is 15.1. The summed E-state index contributed by atoms with van der Waals surface area (Å²) in [7, 11) is 0. The summed E-state index contributed by atoms with van der Waals surface area (Å²) in [5.41, 5.74) is 0.906. The molecule has 1 aromatic heterocycles. The minimum atomic E-state index is -0.0357. The molecule has 0 aromatic carbocycles. The van der Waals surface area contributed by atoms with Gasteiger partial charge in [0.25, 0.3) is 0 Å². The van der Waals surface area contributed by atoms with E-state index in [0.29, 0.717) is 5.92 Å². The molecule has 4 nitrogen and oxygen atoms in total. The number of rotatable bonds is 8. The van der Waals surface area contributed by atoms with Crippen molar-refractivity contribution in [2.24, 2.45) is 5.92 Å². The molecule has 5 heteroatoms. The summed E-state index contributed by atoms with van der Waals surface area (Å²) in [6, 6.07) is 1.93. The van der Waals surface area contributed by atoms with Crippen molar-refractivity contribution in [2.75, 3.05) is 18.5 Å². The number of hydrogen-bond acceptors (Lipinski definition) is 4. The zero-order valence-corrected chi connectivity index (χ0v) is 11.8. The smallest absolute Gasteiger partial charge is 0.221 e.